The van der Waals surface area contributed by atoms with Gasteiger partial charge in [0.1, 0.15) is 24.2 Å². The number of hydrogen-bond donors (Lipinski definition) is 1. The van der Waals surface area contributed by atoms with Crippen LogP contribution in [-0.2, 0) is 9.59 Å². The number of likely N-dealkylation sites (tertiary alicyclic amines) is 1. The number of fused-ring (bicyclic) bond motifs is 1. The molecule has 128 valence electrons. The second-order valence-electron chi connectivity index (χ2n) is 6.08. The summed E-state index contributed by atoms with van der Waals surface area (Å²) in [4.78, 5) is 25.9. The summed E-state index contributed by atoms with van der Waals surface area (Å²) in [6.45, 7) is -0.0161. The van der Waals surface area contributed by atoms with Gasteiger partial charge < -0.3 is 14.6 Å². The molecule has 1 aliphatic heterocycles. The Kier molecular flexibility index (Phi) is 4.85. The van der Waals surface area contributed by atoms with Crippen LogP contribution in [0, 0.1) is 11.8 Å². The zero-order valence-corrected chi connectivity index (χ0v) is 13.6. The fourth-order valence-corrected chi connectivity index (χ4v) is 3.18. The van der Waals surface area contributed by atoms with Crippen LogP contribution in [0.5, 0.6) is 11.5 Å². The number of aliphatic hydroxyl groups excluding tert-OH is 1. The van der Waals surface area contributed by atoms with E-state index >= 15 is 0 Å². The van der Waals surface area contributed by atoms with Crippen LogP contribution in [0.4, 0.5) is 0 Å². The van der Waals surface area contributed by atoms with E-state index in [-0.39, 0.29) is 36.8 Å². The van der Waals surface area contributed by atoms with E-state index in [0.29, 0.717) is 24.3 Å². The molecule has 0 bridgehead atoms. The Hall–Kier alpha value is -2.34. The Balaban J connectivity index is 1.53. The van der Waals surface area contributed by atoms with E-state index in [0.717, 1.165) is 0 Å². The molecule has 1 heterocycles. The van der Waals surface area contributed by atoms with E-state index < -0.39 is 6.10 Å². The number of allylic oxidation sites excluding steroid dienone is 2. The highest BCUT2D eigenvalue weighted by Crippen LogP contribution is 2.35. The number of nitrogens with zero attached hydrogens (tertiary/aromatic N) is 1. The molecule has 6 heteroatoms. The van der Waals surface area contributed by atoms with Crippen LogP contribution in [0.25, 0.3) is 0 Å². The maximum atomic E-state index is 12.3. The molecule has 1 saturated heterocycles. The smallest absolute Gasteiger partial charge is 0.233 e. The predicted octanol–water partition coefficient (Wildman–Crippen LogP) is 1.39. The largest absolute Gasteiger partial charge is 0.497 e. The van der Waals surface area contributed by atoms with Gasteiger partial charge in [0.15, 0.2) is 0 Å². The summed E-state index contributed by atoms with van der Waals surface area (Å²) in [6.07, 6.45) is 4.17. The highest BCUT2D eigenvalue weighted by atomic mass is 16.5. The van der Waals surface area contributed by atoms with Gasteiger partial charge in [-0.25, -0.2) is 0 Å². The molecule has 6 nitrogen and oxygen atoms in total. The van der Waals surface area contributed by atoms with Crippen molar-refractivity contribution in [1.82, 2.24) is 4.90 Å². The number of imide groups is 1. The molecule has 0 unspecified atom stereocenters. The SMILES string of the molecule is COc1ccc(OC[C@@H](O)CN2C(=O)[C@H]3CC=CC[C@H]3C2=O)cc1. The molecule has 0 spiro atoms. The monoisotopic (exact) mass is 331 g/mol. The molecule has 1 N–H and O–H groups in total. The van der Waals surface area contributed by atoms with Crippen molar-refractivity contribution in [3.05, 3.63) is 36.4 Å². The van der Waals surface area contributed by atoms with Crippen LogP contribution >= 0.6 is 0 Å². The molecule has 1 aliphatic carbocycles. The van der Waals surface area contributed by atoms with Crippen LogP contribution in [0.1, 0.15) is 12.8 Å². The Morgan fingerprint density at radius 2 is 1.62 bits per heavy atom. The third kappa shape index (κ3) is 3.28. The number of hydrogen-bond acceptors (Lipinski definition) is 5. The Bertz CT molecular complexity index is 613. The first kappa shape index (κ1) is 16.5. The fraction of sp³-hybridized carbons (Fsp3) is 0.444. The first-order valence-corrected chi connectivity index (χ1v) is 8.05. The Morgan fingerprint density at radius 3 is 2.17 bits per heavy atom. The molecular weight excluding hydrogens is 310 g/mol. The molecule has 1 fully saturated rings. The Morgan fingerprint density at radius 1 is 1.08 bits per heavy atom. The van der Waals surface area contributed by atoms with E-state index in [1.54, 1.807) is 31.4 Å². The molecular formula is C18H21NO5. The average molecular weight is 331 g/mol. The number of carbonyl (C=O) groups excluding carboxylic acids is 2. The molecule has 1 aromatic rings. The van der Waals surface area contributed by atoms with Crippen molar-refractivity contribution < 1.29 is 24.2 Å². The van der Waals surface area contributed by atoms with E-state index in [2.05, 4.69) is 0 Å². The predicted molar refractivity (Wildman–Crippen MR) is 86.6 cm³/mol. The van der Waals surface area contributed by atoms with Crippen molar-refractivity contribution in [3.63, 3.8) is 0 Å². The lowest BCUT2D eigenvalue weighted by atomic mass is 9.85. The van der Waals surface area contributed by atoms with E-state index in [1.807, 2.05) is 12.2 Å². The molecule has 2 aliphatic rings. The number of amides is 2. The summed E-state index contributed by atoms with van der Waals surface area (Å²) in [7, 11) is 1.58. The fourth-order valence-electron chi connectivity index (χ4n) is 3.18. The van der Waals surface area contributed by atoms with Gasteiger partial charge in [-0.1, -0.05) is 12.2 Å². The minimum Gasteiger partial charge on any atom is -0.497 e. The minimum atomic E-state index is -0.923. The number of β-amino-alcohol motifs (C(OH)–C–C–N with tert-alkyl or cyclic N) is 1. The highest BCUT2D eigenvalue weighted by Gasteiger charge is 2.47. The van der Waals surface area contributed by atoms with Gasteiger partial charge in [-0.05, 0) is 37.1 Å². The molecule has 0 radical (unpaired) electrons. The zero-order valence-electron chi connectivity index (χ0n) is 13.6. The molecule has 24 heavy (non-hydrogen) atoms. The maximum absolute atomic E-state index is 12.3. The van der Waals surface area contributed by atoms with E-state index in [4.69, 9.17) is 9.47 Å². The van der Waals surface area contributed by atoms with Gasteiger partial charge in [-0.2, -0.15) is 0 Å². The lowest BCUT2D eigenvalue weighted by Gasteiger charge is -2.19. The quantitative estimate of drug-likeness (QED) is 0.630. The van der Waals surface area contributed by atoms with Gasteiger partial charge in [-0.3, -0.25) is 14.5 Å². The summed E-state index contributed by atoms with van der Waals surface area (Å²) in [5.41, 5.74) is 0. The molecule has 0 aromatic heterocycles. The normalized spacial score (nSPS) is 24.0. The topological polar surface area (TPSA) is 76.1 Å². The number of methoxy groups -OCH3 is 1. The van der Waals surface area contributed by atoms with Gasteiger partial charge in [-0.15, -0.1) is 0 Å². The summed E-state index contributed by atoms with van der Waals surface area (Å²) >= 11 is 0. The van der Waals surface area contributed by atoms with Crippen LogP contribution in [0.15, 0.2) is 36.4 Å². The van der Waals surface area contributed by atoms with E-state index in [9.17, 15) is 14.7 Å². The number of rotatable bonds is 6. The van der Waals surface area contributed by atoms with Crippen LogP contribution in [0.2, 0.25) is 0 Å². The Labute approximate surface area is 140 Å². The third-order valence-electron chi connectivity index (χ3n) is 4.49. The molecule has 1 aromatic carbocycles. The van der Waals surface area contributed by atoms with Crippen molar-refractivity contribution in [2.24, 2.45) is 11.8 Å². The first-order valence-electron chi connectivity index (χ1n) is 8.05. The highest BCUT2D eigenvalue weighted by molar-refractivity contribution is 6.05. The van der Waals surface area contributed by atoms with Gasteiger partial charge in [0.25, 0.3) is 0 Å². The van der Waals surface area contributed by atoms with Crippen LogP contribution < -0.4 is 9.47 Å². The maximum Gasteiger partial charge on any atom is 0.233 e. The van der Waals surface area contributed by atoms with Crippen molar-refractivity contribution in [2.75, 3.05) is 20.3 Å². The van der Waals surface area contributed by atoms with Gasteiger partial charge >= 0.3 is 0 Å². The lowest BCUT2D eigenvalue weighted by molar-refractivity contribution is -0.141. The number of aliphatic hydroxyl groups is 1. The second-order valence-corrected chi connectivity index (χ2v) is 6.08. The number of ether oxygens (including phenoxy) is 2. The molecule has 2 amide bonds. The van der Waals surface area contributed by atoms with Gasteiger partial charge in [0.2, 0.25) is 11.8 Å². The number of carbonyl (C=O) groups is 2. The number of benzene rings is 1. The standard InChI is InChI=1S/C18H21NO5/c1-23-13-6-8-14(9-7-13)24-11-12(20)10-19-17(21)15-4-2-3-5-16(15)18(19)22/h2-3,6-9,12,15-16,20H,4-5,10-11H2,1H3/t12-,15-,16+/m0/s1. The summed E-state index contributed by atoms with van der Waals surface area (Å²) in [5, 5.41) is 10.1. The van der Waals surface area contributed by atoms with Crippen molar-refractivity contribution in [2.45, 2.75) is 18.9 Å². The van der Waals surface area contributed by atoms with Gasteiger partial charge in [0, 0.05) is 0 Å². The molecule has 3 atom stereocenters. The first-order chi connectivity index (χ1) is 11.6. The summed E-state index contributed by atoms with van der Waals surface area (Å²) < 4.78 is 10.6. The second kappa shape index (κ2) is 7.05. The molecule has 3 rings (SSSR count). The average Bonchev–Trinajstić information content (AvgIpc) is 2.86. The molecule has 0 saturated carbocycles. The summed E-state index contributed by atoms with van der Waals surface area (Å²) in [5.74, 6) is 0.407. The van der Waals surface area contributed by atoms with Gasteiger partial charge in [0.05, 0.1) is 25.5 Å². The van der Waals surface area contributed by atoms with Crippen molar-refractivity contribution in [3.8, 4) is 11.5 Å². The van der Waals surface area contributed by atoms with E-state index in [1.165, 1.54) is 4.90 Å². The van der Waals surface area contributed by atoms with Crippen LogP contribution in [0.3, 0.4) is 0 Å². The van der Waals surface area contributed by atoms with Crippen molar-refractivity contribution in [1.29, 1.82) is 0 Å². The van der Waals surface area contributed by atoms with Crippen LogP contribution in [-0.4, -0.2) is 48.2 Å². The van der Waals surface area contributed by atoms with Crippen molar-refractivity contribution >= 4 is 11.8 Å². The zero-order chi connectivity index (χ0) is 17.1. The minimum absolute atomic E-state index is 0.0109. The lowest BCUT2D eigenvalue weighted by Crippen LogP contribution is -2.40. The third-order valence-corrected chi connectivity index (χ3v) is 4.49. The summed E-state index contributed by atoms with van der Waals surface area (Å²) in [6, 6.07) is 6.98.